The Balaban J connectivity index is 1.69. The number of nitrogens with zero attached hydrogens (tertiary/aromatic N) is 1. The molecule has 1 N–H and O–H groups in total. The van der Waals surface area contributed by atoms with E-state index in [1.807, 2.05) is 0 Å². The zero-order chi connectivity index (χ0) is 16.4. The lowest BCUT2D eigenvalue weighted by molar-refractivity contribution is -0.0134. The van der Waals surface area contributed by atoms with E-state index in [2.05, 4.69) is 35.9 Å². The molecule has 4 aliphatic rings. The summed E-state index contributed by atoms with van der Waals surface area (Å²) in [6, 6.07) is 5.17. The molecule has 24 heavy (non-hydrogen) atoms. The van der Waals surface area contributed by atoms with Crippen molar-refractivity contribution in [2.24, 2.45) is 11.8 Å². The van der Waals surface area contributed by atoms with E-state index < -0.39 is 0 Å². The van der Waals surface area contributed by atoms with Crippen LogP contribution in [-0.2, 0) is 6.42 Å². The molecule has 128 valence electrons. The van der Waals surface area contributed by atoms with Crippen LogP contribution in [-0.4, -0.2) is 36.1 Å². The van der Waals surface area contributed by atoms with Crippen LogP contribution in [0.1, 0.15) is 48.9 Å². The summed E-state index contributed by atoms with van der Waals surface area (Å²) < 4.78 is 5.54. The number of benzene rings is 1. The third-order valence-corrected chi connectivity index (χ3v) is 7.03. The Bertz CT molecular complexity index is 793. The predicted octanol–water partition coefficient (Wildman–Crippen LogP) is 4.25. The molecule has 1 aromatic carbocycles. The number of hydrogen-bond acceptors (Lipinski definition) is 2. The molecule has 1 aliphatic carbocycles. The highest BCUT2D eigenvalue weighted by Gasteiger charge is 2.48. The molecule has 3 fully saturated rings. The molecule has 1 saturated carbocycles. The zero-order valence-corrected chi connectivity index (χ0v) is 15.1. The number of hydrogen-bond donors (Lipinski definition) is 1. The molecule has 3 heteroatoms. The summed E-state index contributed by atoms with van der Waals surface area (Å²) in [7, 11) is 1.77. The van der Waals surface area contributed by atoms with E-state index in [4.69, 9.17) is 4.74 Å². The van der Waals surface area contributed by atoms with Crippen LogP contribution in [0.4, 0.5) is 0 Å². The number of nitrogens with one attached hydrogen (secondary N) is 1. The van der Waals surface area contributed by atoms with E-state index in [-0.39, 0.29) is 0 Å². The van der Waals surface area contributed by atoms with Crippen LogP contribution >= 0.6 is 0 Å². The Hall–Kier alpha value is -1.48. The number of fused-ring (bicyclic) bond motifs is 4. The SMILES string of the molecule is CC[C@H]1C[C@H]2C[C@H]3c4[nH]c5c(C)cc(OC)cc5c4CCN(C2)C13. The van der Waals surface area contributed by atoms with Crippen LogP contribution in [0.2, 0.25) is 0 Å². The van der Waals surface area contributed by atoms with E-state index in [1.165, 1.54) is 55.2 Å². The predicted molar refractivity (Wildman–Crippen MR) is 97.9 cm³/mol. The average molecular weight is 324 g/mol. The van der Waals surface area contributed by atoms with Gasteiger partial charge in [-0.25, -0.2) is 0 Å². The Labute approximate surface area is 144 Å². The fourth-order valence-corrected chi connectivity index (χ4v) is 6.06. The third-order valence-electron chi connectivity index (χ3n) is 7.03. The first kappa shape index (κ1) is 14.8. The van der Waals surface area contributed by atoms with Crippen molar-refractivity contribution >= 4 is 10.9 Å². The summed E-state index contributed by atoms with van der Waals surface area (Å²) in [5, 5.41) is 1.40. The highest BCUT2D eigenvalue weighted by atomic mass is 16.5. The van der Waals surface area contributed by atoms with Gasteiger partial charge in [-0.05, 0) is 61.3 Å². The summed E-state index contributed by atoms with van der Waals surface area (Å²) in [6.45, 7) is 7.15. The van der Waals surface area contributed by atoms with Gasteiger partial charge in [-0.15, -0.1) is 0 Å². The highest BCUT2D eigenvalue weighted by molar-refractivity contribution is 5.89. The van der Waals surface area contributed by atoms with E-state index in [0.29, 0.717) is 5.92 Å². The van der Waals surface area contributed by atoms with Gasteiger partial charge in [-0.1, -0.05) is 13.3 Å². The maximum Gasteiger partial charge on any atom is 0.119 e. The Morgan fingerprint density at radius 1 is 1.29 bits per heavy atom. The number of piperidine rings is 2. The fraction of sp³-hybridized carbons (Fsp3) is 0.619. The summed E-state index contributed by atoms with van der Waals surface area (Å²) in [5.41, 5.74) is 5.77. The fourth-order valence-electron chi connectivity index (χ4n) is 6.06. The van der Waals surface area contributed by atoms with E-state index in [9.17, 15) is 0 Å². The van der Waals surface area contributed by atoms with Gasteiger partial charge in [0.1, 0.15) is 5.75 Å². The minimum absolute atomic E-state index is 0.706. The second-order valence-corrected chi connectivity index (χ2v) is 8.23. The summed E-state index contributed by atoms with van der Waals surface area (Å²) in [6.07, 6.45) is 5.35. The second kappa shape index (κ2) is 5.26. The van der Waals surface area contributed by atoms with Crippen LogP contribution in [0.5, 0.6) is 5.75 Å². The number of aryl methyl sites for hydroxylation is 1. The van der Waals surface area contributed by atoms with Crippen molar-refractivity contribution in [2.45, 2.75) is 51.5 Å². The average Bonchev–Trinajstić information content (AvgIpc) is 2.93. The van der Waals surface area contributed by atoms with Crippen LogP contribution in [0.3, 0.4) is 0 Å². The number of rotatable bonds is 2. The normalized spacial score (nSPS) is 34.2. The smallest absolute Gasteiger partial charge is 0.119 e. The molecular formula is C21H28N2O. The van der Waals surface area contributed by atoms with Crippen molar-refractivity contribution in [2.75, 3.05) is 20.2 Å². The van der Waals surface area contributed by atoms with Gasteiger partial charge >= 0.3 is 0 Å². The zero-order valence-electron chi connectivity index (χ0n) is 15.1. The maximum absolute atomic E-state index is 5.54. The molecule has 1 aromatic heterocycles. The van der Waals surface area contributed by atoms with Crippen LogP contribution in [0.15, 0.2) is 12.1 Å². The first-order chi connectivity index (χ1) is 11.7. The number of aromatic amines is 1. The standard InChI is InChI=1S/C21H28N2O/c1-4-14-8-13-9-18-20-16(5-6-23(11-13)21(14)18)17-10-15(24-3)7-12(2)19(17)22-20/h7,10,13-14,18,21-22H,4-6,8-9,11H2,1-3H3/t13-,14-,18-,21?/m0/s1. The quantitative estimate of drug-likeness (QED) is 0.895. The lowest BCUT2D eigenvalue weighted by atomic mass is 9.65. The lowest BCUT2D eigenvalue weighted by Gasteiger charge is -2.53. The van der Waals surface area contributed by atoms with Gasteiger partial charge in [0.05, 0.1) is 7.11 Å². The molecule has 2 saturated heterocycles. The number of methoxy groups -OCH3 is 1. The van der Waals surface area contributed by atoms with Crippen LogP contribution in [0.25, 0.3) is 10.9 Å². The Kier molecular flexibility index (Phi) is 3.25. The lowest BCUT2D eigenvalue weighted by Crippen LogP contribution is -2.56. The molecular weight excluding hydrogens is 296 g/mol. The van der Waals surface area contributed by atoms with Gasteiger partial charge in [0.25, 0.3) is 0 Å². The second-order valence-electron chi connectivity index (χ2n) is 8.23. The van der Waals surface area contributed by atoms with Gasteiger partial charge in [-0.2, -0.15) is 0 Å². The van der Waals surface area contributed by atoms with Crippen molar-refractivity contribution in [1.29, 1.82) is 0 Å². The number of H-pyrrole nitrogens is 1. The van der Waals surface area contributed by atoms with E-state index >= 15 is 0 Å². The largest absolute Gasteiger partial charge is 0.497 e. The summed E-state index contributed by atoms with van der Waals surface area (Å²) in [4.78, 5) is 6.70. The molecule has 2 unspecified atom stereocenters. The van der Waals surface area contributed by atoms with Crippen molar-refractivity contribution in [3.63, 3.8) is 0 Å². The van der Waals surface area contributed by atoms with Crippen molar-refractivity contribution in [3.8, 4) is 5.75 Å². The first-order valence-corrected chi connectivity index (χ1v) is 9.62. The van der Waals surface area contributed by atoms with Gasteiger partial charge in [0.2, 0.25) is 0 Å². The maximum atomic E-state index is 5.54. The molecule has 3 aliphatic heterocycles. The summed E-state index contributed by atoms with van der Waals surface area (Å²) >= 11 is 0. The van der Waals surface area contributed by atoms with Gasteiger partial charge in [0.15, 0.2) is 0 Å². The number of aromatic nitrogens is 1. The minimum Gasteiger partial charge on any atom is -0.497 e. The van der Waals surface area contributed by atoms with Crippen molar-refractivity contribution < 1.29 is 4.74 Å². The molecule has 0 radical (unpaired) electrons. The van der Waals surface area contributed by atoms with Gasteiger partial charge in [0, 0.05) is 41.6 Å². The van der Waals surface area contributed by atoms with E-state index in [1.54, 1.807) is 18.4 Å². The molecule has 4 bridgehead atoms. The highest BCUT2D eigenvalue weighted by Crippen LogP contribution is 2.51. The summed E-state index contributed by atoms with van der Waals surface area (Å²) in [5.74, 6) is 3.48. The molecule has 5 atom stereocenters. The third kappa shape index (κ3) is 1.94. The molecule has 0 amide bonds. The van der Waals surface area contributed by atoms with Crippen molar-refractivity contribution in [3.05, 3.63) is 29.0 Å². The monoisotopic (exact) mass is 324 g/mol. The molecule has 0 spiro atoms. The number of ether oxygens (including phenoxy) is 1. The van der Waals surface area contributed by atoms with E-state index in [0.717, 1.165) is 23.6 Å². The molecule has 4 heterocycles. The molecule has 3 nitrogen and oxygen atoms in total. The van der Waals surface area contributed by atoms with Crippen LogP contribution in [0, 0.1) is 18.8 Å². The van der Waals surface area contributed by atoms with Crippen LogP contribution < -0.4 is 4.74 Å². The van der Waals surface area contributed by atoms with Gasteiger partial charge in [-0.3, -0.25) is 4.90 Å². The topological polar surface area (TPSA) is 28.3 Å². The van der Waals surface area contributed by atoms with Gasteiger partial charge < -0.3 is 9.72 Å². The first-order valence-electron chi connectivity index (χ1n) is 9.62. The van der Waals surface area contributed by atoms with Crippen molar-refractivity contribution in [1.82, 2.24) is 9.88 Å². The Morgan fingerprint density at radius 3 is 2.96 bits per heavy atom. The minimum atomic E-state index is 0.706. The Morgan fingerprint density at radius 2 is 2.17 bits per heavy atom. The molecule has 6 rings (SSSR count). The molecule has 2 aromatic rings.